The predicted octanol–water partition coefficient (Wildman–Crippen LogP) is 2.43. The number of aryl methyl sites for hydroxylation is 2. The van der Waals surface area contributed by atoms with Gasteiger partial charge in [-0.15, -0.1) is 5.10 Å². The molecule has 16 heavy (non-hydrogen) atoms. The molecular formula is C12H14N2OS. The number of hydrogen-bond donors (Lipinski definition) is 1. The number of aromatic nitrogens is 2. The molecular weight excluding hydrogens is 220 g/mol. The van der Waals surface area contributed by atoms with E-state index >= 15 is 0 Å². The zero-order chi connectivity index (χ0) is 11.5. The number of hydrogen-bond acceptors (Lipinski definition) is 4. The van der Waals surface area contributed by atoms with Crippen molar-refractivity contribution < 1.29 is 5.11 Å². The minimum absolute atomic E-state index is 0.499. The minimum atomic E-state index is -0.499. The number of rotatable bonds is 3. The highest BCUT2D eigenvalue weighted by atomic mass is 32.1. The van der Waals surface area contributed by atoms with Gasteiger partial charge in [0.1, 0.15) is 0 Å². The molecule has 1 heterocycles. The summed E-state index contributed by atoms with van der Waals surface area (Å²) in [6.45, 7) is 4.13. The van der Waals surface area contributed by atoms with Crippen molar-refractivity contribution in [3.63, 3.8) is 0 Å². The lowest BCUT2D eigenvalue weighted by molar-refractivity contribution is 0.182. The molecule has 4 heteroatoms. The Bertz CT molecular complexity index is 448. The molecule has 3 nitrogen and oxygen atoms in total. The first-order chi connectivity index (χ1) is 7.65. The highest BCUT2D eigenvalue weighted by Crippen LogP contribution is 2.21. The van der Waals surface area contributed by atoms with Crippen molar-refractivity contribution in [2.24, 2.45) is 0 Å². The van der Waals surface area contributed by atoms with Crippen molar-refractivity contribution in [1.82, 2.24) is 9.59 Å². The fraction of sp³-hybridized carbons (Fsp3) is 0.333. The first-order valence-corrected chi connectivity index (χ1v) is 5.95. The van der Waals surface area contributed by atoms with Crippen LogP contribution in [0.2, 0.25) is 0 Å². The van der Waals surface area contributed by atoms with E-state index in [9.17, 15) is 5.11 Å². The van der Waals surface area contributed by atoms with Crippen LogP contribution < -0.4 is 0 Å². The van der Waals surface area contributed by atoms with Crippen molar-refractivity contribution in [1.29, 1.82) is 0 Å². The Morgan fingerprint density at radius 3 is 2.50 bits per heavy atom. The third kappa shape index (κ3) is 2.65. The van der Waals surface area contributed by atoms with Gasteiger partial charge < -0.3 is 5.11 Å². The molecule has 0 fully saturated rings. The van der Waals surface area contributed by atoms with Crippen molar-refractivity contribution in [2.75, 3.05) is 0 Å². The topological polar surface area (TPSA) is 46.0 Å². The number of nitrogens with zero attached hydrogens (tertiary/aromatic N) is 2. The number of aliphatic hydroxyl groups is 1. The largest absolute Gasteiger partial charge is 0.387 e. The predicted molar refractivity (Wildman–Crippen MR) is 64.5 cm³/mol. The summed E-state index contributed by atoms with van der Waals surface area (Å²) in [4.78, 5) is 0.819. The summed E-state index contributed by atoms with van der Waals surface area (Å²) >= 11 is 1.25. The van der Waals surface area contributed by atoms with E-state index in [1.165, 1.54) is 22.7 Å². The van der Waals surface area contributed by atoms with Crippen LogP contribution in [0.4, 0.5) is 0 Å². The smallest absolute Gasteiger partial charge is 0.0954 e. The molecule has 0 aliphatic carbocycles. The third-order valence-electron chi connectivity index (χ3n) is 2.42. The van der Waals surface area contributed by atoms with Crippen LogP contribution in [0.15, 0.2) is 24.4 Å². The first kappa shape index (κ1) is 11.2. The molecule has 0 radical (unpaired) electrons. The van der Waals surface area contributed by atoms with E-state index < -0.39 is 6.10 Å². The van der Waals surface area contributed by atoms with Gasteiger partial charge in [0.05, 0.1) is 17.2 Å². The van der Waals surface area contributed by atoms with Gasteiger partial charge in [-0.3, -0.25) is 0 Å². The van der Waals surface area contributed by atoms with Gasteiger partial charge in [0, 0.05) is 6.42 Å². The van der Waals surface area contributed by atoms with Gasteiger partial charge in [0.15, 0.2) is 0 Å². The normalized spacial score (nSPS) is 12.7. The maximum absolute atomic E-state index is 9.98. The molecule has 0 spiro atoms. The number of benzene rings is 1. The summed E-state index contributed by atoms with van der Waals surface area (Å²) in [7, 11) is 0. The van der Waals surface area contributed by atoms with E-state index in [1.807, 2.05) is 0 Å². The van der Waals surface area contributed by atoms with Gasteiger partial charge in [-0.05, 0) is 30.9 Å². The van der Waals surface area contributed by atoms with Crippen LogP contribution in [0.3, 0.4) is 0 Å². The minimum Gasteiger partial charge on any atom is -0.387 e. The van der Waals surface area contributed by atoms with Gasteiger partial charge in [0.25, 0.3) is 0 Å². The lowest BCUT2D eigenvalue weighted by Crippen LogP contribution is -2.00. The van der Waals surface area contributed by atoms with Crippen LogP contribution in [-0.4, -0.2) is 14.7 Å². The molecule has 0 saturated heterocycles. The number of aliphatic hydroxyl groups excluding tert-OH is 1. The van der Waals surface area contributed by atoms with Crippen molar-refractivity contribution in [3.8, 4) is 0 Å². The van der Waals surface area contributed by atoms with Gasteiger partial charge >= 0.3 is 0 Å². The summed E-state index contributed by atoms with van der Waals surface area (Å²) < 4.78 is 3.75. The molecule has 84 valence electrons. The maximum Gasteiger partial charge on any atom is 0.0954 e. The molecule has 1 aromatic carbocycles. The standard InChI is InChI=1S/C12H14N2OS/c1-8-3-9(2)5-10(4-8)6-11(15)12-7-13-14-16-12/h3-5,7,11,15H,6H2,1-2H3. The zero-order valence-electron chi connectivity index (χ0n) is 9.34. The summed E-state index contributed by atoms with van der Waals surface area (Å²) in [6, 6.07) is 6.33. The quantitative estimate of drug-likeness (QED) is 0.887. The van der Waals surface area contributed by atoms with E-state index in [2.05, 4.69) is 41.6 Å². The summed E-state index contributed by atoms with van der Waals surface area (Å²) in [5.41, 5.74) is 3.60. The fourth-order valence-corrected chi connectivity index (χ4v) is 2.32. The lowest BCUT2D eigenvalue weighted by atomic mass is 10.0. The van der Waals surface area contributed by atoms with E-state index in [1.54, 1.807) is 6.20 Å². The molecule has 1 atom stereocenters. The van der Waals surface area contributed by atoms with Crippen LogP contribution >= 0.6 is 11.5 Å². The average molecular weight is 234 g/mol. The van der Waals surface area contributed by atoms with Crippen molar-refractivity contribution in [2.45, 2.75) is 26.4 Å². The highest BCUT2D eigenvalue weighted by molar-refractivity contribution is 7.05. The molecule has 0 aliphatic rings. The Hall–Kier alpha value is -1.26. The Balaban J connectivity index is 2.15. The average Bonchev–Trinajstić information content (AvgIpc) is 2.68. The zero-order valence-corrected chi connectivity index (χ0v) is 10.2. The molecule has 1 aromatic heterocycles. The van der Waals surface area contributed by atoms with E-state index in [4.69, 9.17) is 0 Å². The van der Waals surface area contributed by atoms with Crippen LogP contribution in [-0.2, 0) is 6.42 Å². The fourth-order valence-electron chi connectivity index (χ4n) is 1.83. The van der Waals surface area contributed by atoms with Crippen molar-refractivity contribution in [3.05, 3.63) is 46.0 Å². The Kier molecular flexibility index (Phi) is 3.31. The second kappa shape index (κ2) is 4.72. The maximum atomic E-state index is 9.98. The van der Waals surface area contributed by atoms with Crippen LogP contribution in [0.1, 0.15) is 27.7 Å². The summed E-state index contributed by atoms with van der Waals surface area (Å²) in [5.74, 6) is 0. The molecule has 0 bridgehead atoms. The van der Waals surface area contributed by atoms with Gasteiger partial charge in [-0.2, -0.15) is 0 Å². The molecule has 0 aliphatic heterocycles. The molecule has 0 amide bonds. The van der Waals surface area contributed by atoms with Gasteiger partial charge in [0.2, 0.25) is 0 Å². The SMILES string of the molecule is Cc1cc(C)cc(CC(O)c2cnns2)c1. The Morgan fingerprint density at radius 1 is 1.25 bits per heavy atom. The van der Waals surface area contributed by atoms with Crippen LogP contribution in [0, 0.1) is 13.8 Å². The van der Waals surface area contributed by atoms with Crippen molar-refractivity contribution >= 4 is 11.5 Å². The molecule has 1 N–H and O–H groups in total. The second-order valence-electron chi connectivity index (χ2n) is 4.04. The van der Waals surface area contributed by atoms with E-state index in [0.717, 1.165) is 10.4 Å². The Morgan fingerprint density at radius 2 is 1.94 bits per heavy atom. The Labute approximate surface area is 98.9 Å². The van der Waals surface area contributed by atoms with E-state index in [0.29, 0.717) is 6.42 Å². The molecule has 0 saturated carbocycles. The van der Waals surface area contributed by atoms with Crippen LogP contribution in [0.5, 0.6) is 0 Å². The monoisotopic (exact) mass is 234 g/mol. The lowest BCUT2D eigenvalue weighted by Gasteiger charge is -2.09. The highest BCUT2D eigenvalue weighted by Gasteiger charge is 2.11. The molecule has 2 aromatic rings. The van der Waals surface area contributed by atoms with E-state index in [-0.39, 0.29) is 0 Å². The molecule has 2 rings (SSSR count). The first-order valence-electron chi connectivity index (χ1n) is 5.17. The molecule has 1 unspecified atom stereocenters. The second-order valence-corrected chi connectivity index (χ2v) is 4.85. The van der Waals surface area contributed by atoms with Gasteiger partial charge in [-0.25, -0.2) is 0 Å². The third-order valence-corrected chi connectivity index (χ3v) is 3.18. The van der Waals surface area contributed by atoms with Crippen LogP contribution in [0.25, 0.3) is 0 Å². The summed E-state index contributed by atoms with van der Waals surface area (Å²) in [6.07, 6.45) is 1.74. The summed E-state index contributed by atoms with van der Waals surface area (Å²) in [5, 5.41) is 13.7. The van der Waals surface area contributed by atoms with Gasteiger partial charge in [-0.1, -0.05) is 33.8 Å².